The summed E-state index contributed by atoms with van der Waals surface area (Å²) in [5, 5.41) is 19.2. The Kier molecular flexibility index (Phi) is 5.65. The number of hydrazone groups is 1. The van der Waals surface area contributed by atoms with E-state index in [1.807, 2.05) is 6.07 Å². The third-order valence-corrected chi connectivity index (χ3v) is 4.57. The van der Waals surface area contributed by atoms with Gasteiger partial charge in [0.25, 0.3) is 0 Å². The molecule has 1 N–H and O–H groups in total. The van der Waals surface area contributed by atoms with Crippen molar-refractivity contribution in [3.63, 3.8) is 0 Å². The average Bonchev–Trinajstić information content (AvgIpc) is 3.47. The van der Waals surface area contributed by atoms with Gasteiger partial charge in [-0.15, -0.1) is 5.10 Å². The van der Waals surface area contributed by atoms with Crippen LogP contribution in [0.3, 0.4) is 0 Å². The number of hydrogen-bond acceptors (Lipinski definition) is 8. The number of amides is 1. The van der Waals surface area contributed by atoms with E-state index in [2.05, 4.69) is 25.9 Å². The summed E-state index contributed by atoms with van der Waals surface area (Å²) in [4.78, 5) is 25.3. The van der Waals surface area contributed by atoms with Gasteiger partial charge in [0.05, 0.1) is 23.7 Å². The maximum absolute atomic E-state index is 14.4. The quantitative estimate of drug-likeness (QED) is 0.603. The van der Waals surface area contributed by atoms with Gasteiger partial charge in [0.2, 0.25) is 5.91 Å². The van der Waals surface area contributed by atoms with E-state index >= 15 is 0 Å². The maximum atomic E-state index is 14.4. The lowest BCUT2D eigenvalue weighted by Gasteiger charge is -2.23. The van der Waals surface area contributed by atoms with Crippen molar-refractivity contribution in [2.75, 3.05) is 16.9 Å². The van der Waals surface area contributed by atoms with Crippen LogP contribution in [0.15, 0.2) is 60.0 Å². The zero-order valence-electron chi connectivity index (χ0n) is 16.5. The third-order valence-electron chi connectivity index (χ3n) is 4.57. The fourth-order valence-corrected chi connectivity index (χ4v) is 3.12. The molecule has 0 radical (unpaired) electrons. The van der Waals surface area contributed by atoms with Gasteiger partial charge in [-0.3, -0.25) is 9.80 Å². The van der Waals surface area contributed by atoms with Crippen LogP contribution in [0.2, 0.25) is 0 Å². The molecular weight excluding hydrogens is 405 g/mol. The molecule has 158 valence electrons. The van der Waals surface area contributed by atoms with E-state index in [4.69, 9.17) is 4.74 Å². The molecule has 10 nitrogen and oxygen atoms in total. The van der Waals surface area contributed by atoms with Crippen molar-refractivity contribution >= 4 is 29.0 Å². The maximum Gasteiger partial charge on any atom is 0.354 e. The van der Waals surface area contributed by atoms with Crippen LogP contribution in [-0.4, -0.2) is 50.4 Å². The van der Waals surface area contributed by atoms with Crippen LogP contribution in [-0.2, 0) is 14.3 Å². The summed E-state index contributed by atoms with van der Waals surface area (Å²) in [5.41, 5.74) is 1.16. The predicted molar refractivity (Wildman–Crippen MR) is 109 cm³/mol. The first-order chi connectivity index (χ1) is 15.1. The number of carbonyl (C=O) groups is 2. The molecule has 0 spiro atoms. The molecule has 1 aliphatic rings. The molecule has 1 aliphatic heterocycles. The molecular formula is C20H18FN7O3. The number of nitrogens with one attached hydrogen (secondary N) is 1. The van der Waals surface area contributed by atoms with Crippen molar-refractivity contribution in [2.45, 2.75) is 19.4 Å². The van der Waals surface area contributed by atoms with E-state index < -0.39 is 23.7 Å². The first kappa shape index (κ1) is 20.1. The van der Waals surface area contributed by atoms with Crippen LogP contribution in [0.5, 0.6) is 0 Å². The fraction of sp³-hybridized carbons (Fsp3) is 0.200. The van der Waals surface area contributed by atoms with E-state index in [9.17, 15) is 14.0 Å². The predicted octanol–water partition coefficient (Wildman–Crippen LogP) is 1.94. The van der Waals surface area contributed by atoms with Crippen LogP contribution in [0.4, 0.5) is 15.8 Å². The van der Waals surface area contributed by atoms with Crippen molar-refractivity contribution in [1.29, 1.82) is 0 Å². The monoisotopic (exact) mass is 423 g/mol. The highest BCUT2D eigenvalue weighted by Gasteiger charge is 2.37. The van der Waals surface area contributed by atoms with Gasteiger partial charge in [-0.25, -0.2) is 13.9 Å². The Morgan fingerprint density at radius 2 is 2.00 bits per heavy atom. The molecule has 1 unspecified atom stereocenters. The second-order valence-electron chi connectivity index (χ2n) is 6.57. The summed E-state index contributed by atoms with van der Waals surface area (Å²) in [5.74, 6) is -1.74. The van der Waals surface area contributed by atoms with E-state index in [0.717, 1.165) is 0 Å². The first-order valence-corrected chi connectivity index (χ1v) is 9.49. The number of nitrogens with zero attached hydrogens (tertiary/aromatic N) is 6. The number of carbonyl (C=O) groups excluding carboxylic acids is 2. The molecule has 1 amide bonds. The minimum absolute atomic E-state index is 0.0217. The van der Waals surface area contributed by atoms with Gasteiger partial charge in [-0.1, -0.05) is 18.2 Å². The lowest BCUT2D eigenvalue weighted by Crippen LogP contribution is -2.39. The van der Waals surface area contributed by atoms with E-state index in [1.54, 1.807) is 31.2 Å². The molecule has 0 saturated carbocycles. The van der Waals surface area contributed by atoms with Gasteiger partial charge in [-0.2, -0.15) is 5.10 Å². The van der Waals surface area contributed by atoms with Crippen LogP contribution < -0.4 is 10.3 Å². The molecule has 3 aromatic rings. The van der Waals surface area contributed by atoms with Crippen LogP contribution >= 0.6 is 0 Å². The van der Waals surface area contributed by atoms with Crippen molar-refractivity contribution < 1.29 is 18.7 Å². The number of hydrogen-bond donors (Lipinski definition) is 1. The summed E-state index contributed by atoms with van der Waals surface area (Å²) in [7, 11) is 0. The van der Waals surface area contributed by atoms with E-state index in [1.165, 1.54) is 34.2 Å². The highest BCUT2D eigenvalue weighted by molar-refractivity contribution is 6.38. The molecule has 0 saturated heterocycles. The van der Waals surface area contributed by atoms with Gasteiger partial charge < -0.3 is 10.1 Å². The Bertz CT molecular complexity index is 1120. The highest BCUT2D eigenvalue weighted by atomic mass is 19.1. The Morgan fingerprint density at radius 3 is 2.71 bits per heavy atom. The number of esters is 1. The lowest BCUT2D eigenvalue weighted by molar-refractivity contribution is -0.135. The fourth-order valence-electron chi connectivity index (χ4n) is 3.12. The smallest absolute Gasteiger partial charge is 0.354 e. The number of anilines is 2. The Morgan fingerprint density at radius 1 is 1.19 bits per heavy atom. The van der Waals surface area contributed by atoms with Gasteiger partial charge in [-0.05, 0) is 47.7 Å². The Balaban J connectivity index is 1.60. The summed E-state index contributed by atoms with van der Waals surface area (Å²) in [6.07, 6.45) is 1.38. The van der Waals surface area contributed by atoms with Crippen molar-refractivity contribution in [3.8, 4) is 5.69 Å². The topological polar surface area (TPSA) is 115 Å². The van der Waals surface area contributed by atoms with Crippen molar-refractivity contribution in [1.82, 2.24) is 20.2 Å². The standard InChI is InChI=1S/C20H18FN7O3/c1-2-31-20(30)17-11-18(28(24-17)13-6-4-3-5-7-13)19(29)23-16-10-14(8-9-15(16)21)27-12-22-25-26-27/h3-10,12,18H,2,11H2,1H3,(H,23,29). The Hall–Kier alpha value is -4.15. The van der Waals surface area contributed by atoms with Crippen molar-refractivity contribution in [3.05, 3.63) is 60.7 Å². The van der Waals surface area contributed by atoms with Crippen molar-refractivity contribution in [2.24, 2.45) is 5.10 Å². The molecule has 0 aliphatic carbocycles. The number of ether oxygens (including phenoxy) is 1. The Labute approximate surface area is 176 Å². The molecule has 0 bridgehead atoms. The summed E-state index contributed by atoms with van der Waals surface area (Å²) in [6.45, 7) is 1.88. The zero-order valence-corrected chi connectivity index (χ0v) is 16.5. The number of benzene rings is 2. The van der Waals surface area contributed by atoms with Gasteiger partial charge in [0, 0.05) is 6.42 Å². The summed E-state index contributed by atoms with van der Waals surface area (Å²) >= 11 is 0. The molecule has 4 rings (SSSR count). The SMILES string of the molecule is CCOC(=O)C1=NN(c2ccccc2)C(C(=O)Nc2cc(-n3cnnn3)ccc2F)C1. The summed E-state index contributed by atoms with van der Waals surface area (Å²) < 4.78 is 20.8. The molecule has 31 heavy (non-hydrogen) atoms. The number of tetrazole rings is 1. The highest BCUT2D eigenvalue weighted by Crippen LogP contribution is 2.27. The molecule has 11 heteroatoms. The molecule has 2 heterocycles. The van der Waals surface area contributed by atoms with Crippen LogP contribution in [0.25, 0.3) is 5.69 Å². The van der Waals surface area contributed by atoms with E-state index in [0.29, 0.717) is 11.4 Å². The largest absolute Gasteiger partial charge is 0.461 e. The number of halogens is 1. The number of para-hydroxylation sites is 1. The minimum atomic E-state index is -0.863. The van der Waals surface area contributed by atoms with Gasteiger partial charge in [0.1, 0.15) is 23.9 Å². The number of rotatable bonds is 6. The third kappa shape index (κ3) is 4.25. The summed E-state index contributed by atoms with van der Waals surface area (Å²) in [6, 6.07) is 12.2. The second kappa shape index (κ2) is 8.69. The number of aromatic nitrogens is 4. The van der Waals surface area contributed by atoms with E-state index in [-0.39, 0.29) is 24.4 Å². The average molecular weight is 423 g/mol. The van der Waals surface area contributed by atoms with Crippen LogP contribution in [0.1, 0.15) is 13.3 Å². The second-order valence-corrected chi connectivity index (χ2v) is 6.57. The first-order valence-electron chi connectivity index (χ1n) is 9.49. The zero-order chi connectivity index (χ0) is 21.8. The molecule has 0 fully saturated rings. The van der Waals surface area contributed by atoms with Gasteiger partial charge in [0.15, 0.2) is 0 Å². The normalized spacial score (nSPS) is 15.5. The molecule has 1 aromatic heterocycles. The van der Waals surface area contributed by atoms with Gasteiger partial charge >= 0.3 is 5.97 Å². The van der Waals surface area contributed by atoms with Crippen LogP contribution in [0, 0.1) is 5.82 Å². The molecule has 1 atom stereocenters. The molecule has 2 aromatic carbocycles. The minimum Gasteiger partial charge on any atom is -0.461 e. The lowest BCUT2D eigenvalue weighted by atomic mass is 10.1.